The lowest BCUT2D eigenvalue weighted by Crippen LogP contribution is -2.50. The van der Waals surface area contributed by atoms with E-state index in [1.165, 1.54) is 0 Å². The SMILES string of the molecule is C=CC1(C)CN(C(=O)OC(C)C)c2cc(Cl)c(N(C)C)cc2O1. The highest BCUT2D eigenvalue weighted by molar-refractivity contribution is 6.33. The zero-order chi connectivity index (χ0) is 17.4. The molecule has 23 heavy (non-hydrogen) atoms. The zero-order valence-electron chi connectivity index (χ0n) is 14.2. The molecule has 0 N–H and O–H groups in total. The molecule has 1 aromatic carbocycles. The summed E-state index contributed by atoms with van der Waals surface area (Å²) >= 11 is 6.34. The van der Waals surface area contributed by atoms with E-state index in [1.807, 2.05) is 45.8 Å². The minimum absolute atomic E-state index is 0.208. The van der Waals surface area contributed by atoms with Crippen LogP contribution in [0.5, 0.6) is 5.75 Å². The van der Waals surface area contributed by atoms with E-state index < -0.39 is 11.7 Å². The lowest BCUT2D eigenvalue weighted by Gasteiger charge is -2.40. The Bertz CT molecular complexity index is 631. The first-order valence-corrected chi connectivity index (χ1v) is 7.86. The van der Waals surface area contributed by atoms with Gasteiger partial charge in [-0.3, -0.25) is 4.90 Å². The number of carbonyl (C=O) groups is 1. The summed E-state index contributed by atoms with van der Waals surface area (Å²) in [6.45, 7) is 9.64. The van der Waals surface area contributed by atoms with Gasteiger partial charge in [0.25, 0.3) is 0 Å². The number of anilines is 2. The van der Waals surface area contributed by atoms with E-state index in [-0.39, 0.29) is 6.10 Å². The second-order valence-electron chi connectivity index (χ2n) is 6.30. The fraction of sp³-hybridized carbons (Fsp3) is 0.471. The van der Waals surface area contributed by atoms with Crippen LogP contribution in [-0.2, 0) is 4.74 Å². The molecule has 1 aromatic rings. The van der Waals surface area contributed by atoms with Crippen molar-refractivity contribution in [3.63, 3.8) is 0 Å². The molecular weight excluding hydrogens is 316 g/mol. The number of rotatable bonds is 3. The van der Waals surface area contributed by atoms with Crippen LogP contribution in [-0.4, -0.2) is 38.4 Å². The normalized spacial score (nSPS) is 19.9. The van der Waals surface area contributed by atoms with Crippen LogP contribution in [0.25, 0.3) is 0 Å². The molecular formula is C17H23ClN2O3. The molecule has 1 heterocycles. The van der Waals surface area contributed by atoms with Crippen LogP contribution in [0.4, 0.5) is 16.2 Å². The van der Waals surface area contributed by atoms with Crippen molar-refractivity contribution in [3.8, 4) is 5.75 Å². The van der Waals surface area contributed by atoms with Gasteiger partial charge in [-0.05, 0) is 32.9 Å². The molecule has 0 aromatic heterocycles. The van der Waals surface area contributed by atoms with Crippen molar-refractivity contribution in [1.29, 1.82) is 0 Å². The molecule has 2 rings (SSSR count). The summed E-state index contributed by atoms with van der Waals surface area (Å²) in [7, 11) is 3.79. The molecule has 0 fully saturated rings. The van der Waals surface area contributed by atoms with Crippen LogP contribution in [0.2, 0.25) is 5.02 Å². The average Bonchev–Trinajstić information content (AvgIpc) is 2.45. The number of carbonyl (C=O) groups excluding carboxylic acids is 1. The monoisotopic (exact) mass is 338 g/mol. The fourth-order valence-corrected chi connectivity index (χ4v) is 2.71. The van der Waals surface area contributed by atoms with Gasteiger partial charge in [-0.1, -0.05) is 18.2 Å². The predicted octanol–water partition coefficient (Wildman–Crippen LogP) is 4.09. The standard InChI is InChI=1S/C17H23ClN2O3/c1-7-17(4)10-20(16(21)22-11(2)3)14-8-12(18)13(19(5)6)9-15(14)23-17/h7-9,11H,1,10H2,2-6H3. The molecule has 1 aliphatic heterocycles. The number of amides is 1. The molecule has 0 spiro atoms. The molecule has 1 atom stereocenters. The summed E-state index contributed by atoms with van der Waals surface area (Å²) in [5, 5.41) is 0.543. The van der Waals surface area contributed by atoms with E-state index in [1.54, 1.807) is 17.0 Å². The molecule has 0 radical (unpaired) electrons. The van der Waals surface area contributed by atoms with Crippen molar-refractivity contribution < 1.29 is 14.3 Å². The topological polar surface area (TPSA) is 42.0 Å². The highest BCUT2D eigenvalue weighted by Crippen LogP contribution is 2.43. The van der Waals surface area contributed by atoms with Gasteiger partial charge < -0.3 is 14.4 Å². The van der Waals surface area contributed by atoms with Gasteiger partial charge in [-0.2, -0.15) is 0 Å². The maximum atomic E-state index is 12.5. The number of hydrogen-bond acceptors (Lipinski definition) is 4. The molecule has 1 amide bonds. The maximum absolute atomic E-state index is 12.5. The number of nitrogens with zero attached hydrogens (tertiary/aromatic N) is 2. The van der Waals surface area contributed by atoms with Gasteiger partial charge in [0.2, 0.25) is 0 Å². The van der Waals surface area contributed by atoms with Crippen molar-refractivity contribution in [2.45, 2.75) is 32.5 Å². The van der Waals surface area contributed by atoms with Gasteiger partial charge in [0.15, 0.2) is 0 Å². The number of hydrogen-bond donors (Lipinski definition) is 0. The predicted molar refractivity (Wildman–Crippen MR) is 94.0 cm³/mol. The van der Waals surface area contributed by atoms with Crippen LogP contribution >= 0.6 is 11.6 Å². The van der Waals surface area contributed by atoms with Crippen molar-refractivity contribution in [2.75, 3.05) is 30.4 Å². The lowest BCUT2D eigenvalue weighted by molar-refractivity contribution is 0.102. The molecule has 1 aliphatic rings. The summed E-state index contributed by atoms with van der Waals surface area (Å²) in [6, 6.07) is 3.56. The maximum Gasteiger partial charge on any atom is 0.414 e. The van der Waals surface area contributed by atoms with Crippen LogP contribution in [0, 0.1) is 0 Å². The van der Waals surface area contributed by atoms with Crippen LogP contribution in [0.3, 0.4) is 0 Å². The van der Waals surface area contributed by atoms with E-state index >= 15 is 0 Å². The molecule has 0 saturated carbocycles. The van der Waals surface area contributed by atoms with E-state index in [4.69, 9.17) is 21.1 Å². The first kappa shape index (κ1) is 17.5. The molecule has 0 bridgehead atoms. The minimum Gasteiger partial charge on any atom is -0.479 e. The van der Waals surface area contributed by atoms with Gasteiger partial charge in [0.1, 0.15) is 11.4 Å². The quantitative estimate of drug-likeness (QED) is 0.778. The summed E-state index contributed by atoms with van der Waals surface area (Å²) in [4.78, 5) is 15.9. The van der Waals surface area contributed by atoms with Crippen molar-refractivity contribution in [1.82, 2.24) is 0 Å². The Morgan fingerprint density at radius 3 is 2.70 bits per heavy atom. The average molecular weight is 339 g/mol. The smallest absolute Gasteiger partial charge is 0.414 e. The van der Waals surface area contributed by atoms with Gasteiger partial charge in [0, 0.05) is 20.2 Å². The minimum atomic E-state index is -0.694. The van der Waals surface area contributed by atoms with Crippen LogP contribution in [0.1, 0.15) is 20.8 Å². The Morgan fingerprint density at radius 2 is 2.17 bits per heavy atom. The highest BCUT2D eigenvalue weighted by Gasteiger charge is 2.38. The Morgan fingerprint density at radius 1 is 1.52 bits per heavy atom. The highest BCUT2D eigenvalue weighted by atomic mass is 35.5. The zero-order valence-corrected chi connectivity index (χ0v) is 15.0. The summed E-state index contributed by atoms with van der Waals surface area (Å²) in [6.07, 6.45) is 1.06. The molecule has 0 aliphatic carbocycles. The van der Waals surface area contributed by atoms with Crippen molar-refractivity contribution >= 4 is 29.1 Å². The van der Waals surface area contributed by atoms with Gasteiger partial charge in [0.05, 0.1) is 29.0 Å². The number of halogens is 1. The van der Waals surface area contributed by atoms with Gasteiger partial charge in [-0.15, -0.1) is 0 Å². The first-order chi connectivity index (χ1) is 10.7. The second kappa shape index (κ2) is 6.32. The Hall–Kier alpha value is -1.88. The molecule has 1 unspecified atom stereocenters. The number of ether oxygens (including phenoxy) is 2. The van der Waals surface area contributed by atoms with E-state index in [2.05, 4.69) is 6.58 Å². The van der Waals surface area contributed by atoms with Gasteiger partial charge >= 0.3 is 6.09 Å². The lowest BCUT2D eigenvalue weighted by atomic mass is 10.0. The molecule has 126 valence electrons. The summed E-state index contributed by atoms with van der Waals surface area (Å²) < 4.78 is 11.4. The number of fused-ring (bicyclic) bond motifs is 1. The summed E-state index contributed by atoms with van der Waals surface area (Å²) in [5.41, 5.74) is 0.724. The van der Waals surface area contributed by atoms with Gasteiger partial charge in [-0.25, -0.2) is 4.79 Å². The van der Waals surface area contributed by atoms with Crippen LogP contribution < -0.4 is 14.5 Å². The second-order valence-corrected chi connectivity index (χ2v) is 6.71. The third kappa shape index (κ3) is 3.55. The van der Waals surface area contributed by atoms with Crippen molar-refractivity contribution in [3.05, 3.63) is 29.8 Å². The van der Waals surface area contributed by atoms with E-state index in [0.717, 1.165) is 5.69 Å². The fourth-order valence-electron chi connectivity index (χ4n) is 2.38. The van der Waals surface area contributed by atoms with Crippen molar-refractivity contribution in [2.24, 2.45) is 0 Å². The van der Waals surface area contributed by atoms with Crippen LogP contribution in [0.15, 0.2) is 24.8 Å². The third-order valence-electron chi connectivity index (χ3n) is 3.60. The Balaban J connectivity index is 2.52. The molecule has 6 heteroatoms. The Labute approximate surface area is 142 Å². The molecule has 5 nitrogen and oxygen atoms in total. The van der Waals surface area contributed by atoms with E-state index in [0.29, 0.717) is 23.0 Å². The third-order valence-corrected chi connectivity index (χ3v) is 3.91. The summed E-state index contributed by atoms with van der Waals surface area (Å²) in [5.74, 6) is 0.576. The Kier molecular flexibility index (Phi) is 4.80. The number of benzene rings is 1. The van der Waals surface area contributed by atoms with E-state index in [9.17, 15) is 4.79 Å². The first-order valence-electron chi connectivity index (χ1n) is 7.48. The largest absolute Gasteiger partial charge is 0.479 e. The molecule has 0 saturated heterocycles.